The minimum Gasteiger partial charge on any atom is -0.366 e. The van der Waals surface area contributed by atoms with Gasteiger partial charge in [-0.2, -0.15) is 0 Å². The zero-order valence-corrected chi connectivity index (χ0v) is 13.8. The van der Waals surface area contributed by atoms with E-state index in [9.17, 15) is 4.79 Å². The molecule has 1 aliphatic heterocycles. The summed E-state index contributed by atoms with van der Waals surface area (Å²) in [6.45, 7) is 2.74. The average molecular weight is 328 g/mol. The number of imidazole rings is 1. The molecule has 1 atom stereocenters. The van der Waals surface area contributed by atoms with E-state index in [0.29, 0.717) is 25.7 Å². The first kappa shape index (κ1) is 15.6. The summed E-state index contributed by atoms with van der Waals surface area (Å²) in [5, 5.41) is 3.14. The Morgan fingerprint density at radius 1 is 1.33 bits per heavy atom. The van der Waals surface area contributed by atoms with E-state index in [1.807, 2.05) is 24.3 Å². The maximum absolute atomic E-state index is 12.4. The van der Waals surface area contributed by atoms with E-state index in [1.54, 1.807) is 0 Å². The summed E-state index contributed by atoms with van der Waals surface area (Å²) < 4.78 is 5.69. The highest BCUT2D eigenvalue weighted by atomic mass is 16.5. The van der Waals surface area contributed by atoms with Gasteiger partial charge in [0.1, 0.15) is 11.9 Å². The van der Waals surface area contributed by atoms with Gasteiger partial charge < -0.3 is 15.0 Å². The Morgan fingerprint density at radius 3 is 3.00 bits per heavy atom. The van der Waals surface area contributed by atoms with Crippen LogP contribution >= 0.6 is 0 Å². The zero-order chi connectivity index (χ0) is 16.4. The second-order valence-electron chi connectivity index (χ2n) is 6.79. The number of aromatic amines is 1. The highest BCUT2D eigenvalue weighted by Crippen LogP contribution is 2.18. The van der Waals surface area contributed by atoms with Gasteiger partial charge >= 0.3 is 0 Å². The third-order valence-corrected chi connectivity index (χ3v) is 4.96. The van der Waals surface area contributed by atoms with Crippen molar-refractivity contribution in [3.8, 4) is 0 Å². The van der Waals surface area contributed by atoms with Crippen LogP contribution in [-0.4, -0.2) is 52.6 Å². The van der Waals surface area contributed by atoms with Crippen LogP contribution in [0.4, 0.5) is 0 Å². The third kappa shape index (κ3) is 3.44. The summed E-state index contributed by atoms with van der Waals surface area (Å²) in [6.07, 6.45) is 4.26. The summed E-state index contributed by atoms with van der Waals surface area (Å²) in [5.74, 6) is 0.976. The molecular weight excluding hydrogens is 304 g/mol. The molecule has 1 amide bonds. The molecule has 1 aromatic carbocycles. The van der Waals surface area contributed by atoms with Gasteiger partial charge in [-0.3, -0.25) is 9.69 Å². The highest BCUT2D eigenvalue weighted by molar-refractivity contribution is 5.81. The predicted octanol–water partition coefficient (Wildman–Crippen LogP) is 1.82. The summed E-state index contributed by atoms with van der Waals surface area (Å²) >= 11 is 0. The van der Waals surface area contributed by atoms with Crippen LogP contribution < -0.4 is 5.32 Å². The van der Waals surface area contributed by atoms with Gasteiger partial charge in [0, 0.05) is 19.1 Å². The molecule has 4 rings (SSSR count). The lowest BCUT2D eigenvalue weighted by Crippen LogP contribution is -2.51. The molecule has 24 heavy (non-hydrogen) atoms. The maximum Gasteiger partial charge on any atom is 0.250 e. The number of hydrogen-bond acceptors (Lipinski definition) is 4. The lowest BCUT2D eigenvalue weighted by Gasteiger charge is -2.32. The van der Waals surface area contributed by atoms with Gasteiger partial charge in [0.05, 0.1) is 24.2 Å². The molecule has 128 valence electrons. The Labute approximate surface area is 141 Å². The van der Waals surface area contributed by atoms with E-state index in [2.05, 4.69) is 20.2 Å². The number of aromatic nitrogens is 2. The van der Waals surface area contributed by atoms with Crippen LogP contribution in [0.3, 0.4) is 0 Å². The number of nitrogens with zero attached hydrogens (tertiary/aromatic N) is 2. The number of morpholine rings is 1. The van der Waals surface area contributed by atoms with Crippen molar-refractivity contribution >= 4 is 16.9 Å². The second-order valence-corrected chi connectivity index (χ2v) is 6.79. The number of para-hydroxylation sites is 2. The number of nitrogens with one attached hydrogen (secondary N) is 2. The third-order valence-electron chi connectivity index (χ3n) is 4.96. The molecule has 2 fully saturated rings. The maximum atomic E-state index is 12.4. The van der Waals surface area contributed by atoms with E-state index < -0.39 is 0 Å². The van der Waals surface area contributed by atoms with Crippen molar-refractivity contribution in [1.29, 1.82) is 0 Å². The summed E-state index contributed by atoms with van der Waals surface area (Å²) in [5.41, 5.74) is 2.03. The Hall–Kier alpha value is -1.92. The fourth-order valence-electron chi connectivity index (χ4n) is 3.66. The molecule has 0 unspecified atom stereocenters. The minimum absolute atomic E-state index is 0.0382. The quantitative estimate of drug-likeness (QED) is 0.898. The normalized spacial score (nSPS) is 22.9. The first-order valence-corrected chi connectivity index (χ1v) is 8.86. The Kier molecular flexibility index (Phi) is 4.49. The van der Waals surface area contributed by atoms with Crippen molar-refractivity contribution in [2.45, 2.75) is 44.4 Å². The highest BCUT2D eigenvalue weighted by Gasteiger charge is 2.29. The summed E-state index contributed by atoms with van der Waals surface area (Å²) in [6, 6.07) is 8.37. The molecule has 0 spiro atoms. The topological polar surface area (TPSA) is 70.2 Å². The zero-order valence-electron chi connectivity index (χ0n) is 13.8. The van der Waals surface area contributed by atoms with Crippen LogP contribution in [0.15, 0.2) is 24.3 Å². The minimum atomic E-state index is -0.372. The van der Waals surface area contributed by atoms with Gasteiger partial charge in [0.2, 0.25) is 0 Å². The Morgan fingerprint density at radius 2 is 2.17 bits per heavy atom. The first-order valence-electron chi connectivity index (χ1n) is 8.86. The van der Waals surface area contributed by atoms with Crippen molar-refractivity contribution in [2.24, 2.45) is 0 Å². The summed E-state index contributed by atoms with van der Waals surface area (Å²) in [4.78, 5) is 22.6. The lowest BCUT2D eigenvalue weighted by molar-refractivity contribution is -0.139. The molecule has 1 saturated heterocycles. The predicted molar refractivity (Wildman–Crippen MR) is 91.5 cm³/mol. The molecule has 1 aromatic heterocycles. The molecule has 6 nitrogen and oxygen atoms in total. The van der Waals surface area contributed by atoms with Crippen molar-refractivity contribution in [3.05, 3.63) is 30.1 Å². The molecule has 0 radical (unpaired) electrons. The number of fused-ring (bicyclic) bond motifs is 1. The SMILES string of the molecule is O=C(NC1CCCC1)[C@@H]1CN(Cc2nc3ccccc3[nH]2)CCO1. The van der Waals surface area contributed by atoms with Crippen molar-refractivity contribution in [3.63, 3.8) is 0 Å². The van der Waals surface area contributed by atoms with E-state index in [0.717, 1.165) is 36.2 Å². The second kappa shape index (κ2) is 6.91. The Bertz CT molecular complexity index is 675. The van der Waals surface area contributed by atoms with Gasteiger partial charge in [-0.1, -0.05) is 25.0 Å². The van der Waals surface area contributed by atoms with Gasteiger partial charge in [-0.15, -0.1) is 0 Å². The number of carbonyl (C=O) groups excluding carboxylic acids is 1. The number of carbonyl (C=O) groups is 1. The molecule has 2 aliphatic rings. The van der Waals surface area contributed by atoms with E-state index in [1.165, 1.54) is 12.8 Å². The molecule has 6 heteroatoms. The fraction of sp³-hybridized carbons (Fsp3) is 0.556. The first-order chi connectivity index (χ1) is 11.8. The van der Waals surface area contributed by atoms with Crippen molar-refractivity contribution < 1.29 is 9.53 Å². The molecular formula is C18H24N4O2. The fourth-order valence-corrected chi connectivity index (χ4v) is 3.66. The molecule has 2 heterocycles. The van der Waals surface area contributed by atoms with Crippen LogP contribution in [-0.2, 0) is 16.1 Å². The summed E-state index contributed by atoms with van der Waals surface area (Å²) in [7, 11) is 0. The number of benzene rings is 1. The lowest BCUT2D eigenvalue weighted by atomic mass is 10.2. The Balaban J connectivity index is 1.36. The number of ether oxygens (including phenoxy) is 1. The molecule has 1 aliphatic carbocycles. The van der Waals surface area contributed by atoms with Crippen molar-refractivity contribution in [1.82, 2.24) is 20.2 Å². The van der Waals surface area contributed by atoms with E-state index in [-0.39, 0.29) is 12.0 Å². The number of hydrogen-bond donors (Lipinski definition) is 2. The standard InChI is InChI=1S/C18H24N4O2/c23-18(19-13-5-1-2-6-13)16-11-22(9-10-24-16)12-17-20-14-7-3-4-8-15(14)21-17/h3-4,7-8,13,16H,1-2,5-6,9-12H2,(H,19,23)(H,20,21)/t16-/m0/s1. The van der Waals surface area contributed by atoms with Crippen LogP contribution in [0.5, 0.6) is 0 Å². The number of rotatable bonds is 4. The largest absolute Gasteiger partial charge is 0.366 e. The molecule has 2 aromatic rings. The number of H-pyrrole nitrogens is 1. The molecule has 0 bridgehead atoms. The van der Waals surface area contributed by atoms with E-state index in [4.69, 9.17) is 4.74 Å². The monoisotopic (exact) mass is 328 g/mol. The average Bonchev–Trinajstić information content (AvgIpc) is 3.23. The molecule has 2 N–H and O–H groups in total. The van der Waals surface area contributed by atoms with Gasteiger partial charge in [0.15, 0.2) is 0 Å². The molecule has 1 saturated carbocycles. The van der Waals surface area contributed by atoms with Crippen LogP contribution in [0.25, 0.3) is 11.0 Å². The smallest absolute Gasteiger partial charge is 0.250 e. The van der Waals surface area contributed by atoms with Crippen LogP contribution in [0.2, 0.25) is 0 Å². The van der Waals surface area contributed by atoms with Crippen LogP contribution in [0.1, 0.15) is 31.5 Å². The van der Waals surface area contributed by atoms with Gasteiger partial charge in [-0.05, 0) is 25.0 Å². The number of amides is 1. The van der Waals surface area contributed by atoms with E-state index >= 15 is 0 Å². The van der Waals surface area contributed by atoms with Crippen LogP contribution in [0, 0.1) is 0 Å². The van der Waals surface area contributed by atoms with Crippen molar-refractivity contribution in [2.75, 3.05) is 19.7 Å². The van der Waals surface area contributed by atoms with Gasteiger partial charge in [0.25, 0.3) is 5.91 Å². The van der Waals surface area contributed by atoms with Gasteiger partial charge in [-0.25, -0.2) is 4.98 Å².